The van der Waals surface area contributed by atoms with Crippen molar-refractivity contribution in [2.24, 2.45) is 0 Å². The van der Waals surface area contributed by atoms with Crippen LogP contribution in [0.4, 0.5) is 0 Å². The Labute approximate surface area is 128 Å². The largest absolute Gasteiger partial charge is 0.508 e. The summed E-state index contributed by atoms with van der Waals surface area (Å²) in [5.41, 5.74) is 1.96. The summed E-state index contributed by atoms with van der Waals surface area (Å²) in [6, 6.07) is 5.65. The van der Waals surface area contributed by atoms with Crippen molar-refractivity contribution in [1.82, 2.24) is 0 Å². The summed E-state index contributed by atoms with van der Waals surface area (Å²) < 4.78 is 0. The highest BCUT2D eigenvalue weighted by Crippen LogP contribution is 2.29. The van der Waals surface area contributed by atoms with Crippen LogP contribution in [-0.4, -0.2) is 10.9 Å². The van der Waals surface area contributed by atoms with Crippen LogP contribution in [0.3, 0.4) is 0 Å². The van der Waals surface area contributed by atoms with Crippen molar-refractivity contribution in [3.05, 3.63) is 29.3 Å². The second-order valence-corrected chi connectivity index (χ2v) is 6.43. The first-order chi connectivity index (χ1) is 10.2. The molecule has 2 nitrogen and oxygen atoms in total. The highest BCUT2D eigenvalue weighted by Gasteiger charge is 2.20. The Bertz CT molecular complexity index is 465. The molecule has 0 bridgehead atoms. The normalized spacial score (nSPS) is 22.3. The van der Waals surface area contributed by atoms with Crippen LogP contribution in [0.15, 0.2) is 18.2 Å². The van der Waals surface area contributed by atoms with Gasteiger partial charge in [-0.25, -0.2) is 0 Å². The minimum atomic E-state index is 0.0312. The lowest BCUT2D eigenvalue weighted by Crippen LogP contribution is -2.13. The van der Waals surface area contributed by atoms with Gasteiger partial charge in [-0.15, -0.1) is 0 Å². The summed E-state index contributed by atoms with van der Waals surface area (Å²) in [5, 5.41) is 9.67. The minimum absolute atomic E-state index is 0.0312. The van der Waals surface area contributed by atoms with Crippen LogP contribution in [0, 0.1) is 6.92 Å². The number of benzene rings is 1. The van der Waals surface area contributed by atoms with Gasteiger partial charge < -0.3 is 5.11 Å². The van der Waals surface area contributed by atoms with Crippen LogP contribution in [0.1, 0.15) is 81.3 Å². The average Bonchev–Trinajstić information content (AvgIpc) is 2.46. The van der Waals surface area contributed by atoms with Gasteiger partial charge in [-0.1, -0.05) is 57.1 Å². The molecule has 0 saturated heterocycles. The summed E-state index contributed by atoms with van der Waals surface area (Å²) in [6.45, 7) is 1.90. The molecule has 0 amide bonds. The molecule has 1 N–H and O–H groups in total. The fourth-order valence-corrected chi connectivity index (χ4v) is 3.29. The number of ketones is 1. The zero-order chi connectivity index (χ0) is 15.1. The number of carbonyl (C=O) groups excluding carboxylic acids is 1. The maximum Gasteiger partial charge on any atom is 0.140 e. The molecule has 2 rings (SSSR count). The van der Waals surface area contributed by atoms with Gasteiger partial charge in [0.1, 0.15) is 11.5 Å². The van der Waals surface area contributed by atoms with Gasteiger partial charge in [0, 0.05) is 12.3 Å². The third-order valence-electron chi connectivity index (χ3n) is 4.68. The molecule has 0 aliphatic heterocycles. The fraction of sp³-hybridized carbons (Fsp3) is 0.632. The van der Waals surface area contributed by atoms with Crippen molar-refractivity contribution in [2.75, 3.05) is 0 Å². The first-order valence-corrected chi connectivity index (χ1v) is 8.50. The van der Waals surface area contributed by atoms with Crippen molar-refractivity contribution in [3.63, 3.8) is 0 Å². The summed E-state index contributed by atoms with van der Waals surface area (Å²) in [4.78, 5) is 12.6. The molecule has 1 aliphatic rings. The lowest BCUT2D eigenvalue weighted by atomic mass is 9.86. The molecule has 21 heavy (non-hydrogen) atoms. The average molecular weight is 288 g/mol. The van der Waals surface area contributed by atoms with Gasteiger partial charge in [-0.2, -0.15) is 0 Å². The van der Waals surface area contributed by atoms with Crippen LogP contribution in [-0.2, 0) is 4.79 Å². The van der Waals surface area contributed by atoms with Gasteiger partial charge in [0.2, 0.25) is 0 Å². The Morgan fingerprint density at radius 2 is 1.57 bits per heavy atom. The maximum absolute atomic E-state index is 12.6. The van der Waals surface area contributed by atoms with E-state index in [2.05, 4.69) is 0 Å². The van der Waals surface area contributed by atoms with E-state index in [0.29, 0.717) is 18.0 Å². The second kappa shape index (κ2) is 8.21. The molecule has 0 heterocycles. The molecule has 2 heteroatoms. The highest BCUT2D eigenvalue weighted by molar-refractivity contribution is 5.85. The third-order valence-corrected chi connectivity index (χ3v) is 4.68. The van der Waals surface area contributed by atoms with Crippen LogP contribution in [0.5, 0.6) is 5.75 Å². The number of carbonyl (C=O) groups is 1. The summed E-state index contributed by atoms with van der Waals surface area (Å²) >= 11 is 0. The minimum Gasteiger partial charge on any atom is -0.508 e. The van der Waals surface area contributed by atoms with Gasteiger partial charge in [-0.05, 0) is 37.0 Å². The molecule has 1 aromatic rings. The standard InChI is InChI=1S/C19H28O2/c1-15-14-16(12-13-18(15)20)17-10-8-6-4-2-3-5-7-9-11-19(17)21/h12-14,17,20H,2-11H2,1H3. The van der Waals surface area contributed by atoms with Crippen LogP contribution >= 0.6 is 0 Å². The molecule has 1 unspecified atom stereocenters. The van der Waals surface area contributed by atoms with Gasteiger partial charge in [-0.3, -0.25) is 4.79 Å². The number of rotatable bonds is 1. The summed E-state index contributed by atoms with van der Waals surface area (Å²) in [5.74, 6) is 0.740. The van der Waals surface area contributed by atoms with E-state index in [0.717, 1.165) is 30.4 Å². The monoisotopic (exact) mass is 288 g/mol. The number of aromatic hydroxyl groups is 1. The fourth-order valence-electron chi connectivity index (χ4n) is 3.29. The van der Waals surface area contributed by atoms with Crippen molar-refractivity contribution in [2.45, 2.75) is 77.0 Å². The number of hydrogen-bond donors (Lipinski definition) is 1. The van der Waals surface area contributed by atoms with Crippen molar-refractivity contribution in [3.8, 4) is 5.75 Å². The smallest absolute Gasteiger partial charge is 0.140 e. The Kier molecular flexibility index (Phi) is 6.28. The molecule has 0 radical (unpaired) electrons. The molecule has 1 aromatic carbocycles. The topological polar surface area (TPSA) is 37.3 Å². The van der Waals surface area contributed by atoms with E-state index in [9.17, 15) is 9.90 Å². The van der Waals surface area contributed by atoms with Gasteiger partial charge >= 0.3 is 0 Å². The van der Waals surface area contributed by atoms with Gasteiger partial charge in [0.15, 0.2) is 0 Å². The number of phenolic OH excluding ortho intramolecular Hbond substituents is 1. The van der Waals surface area contributed by atoms with E-state index in [1.165, 1.54) is 38.5 Å². The summed E-state index contributed by atoms with van der Waals surface area (Å²) in [6.07, 6.45) is 11.5. The lowest BCUT2D eigenvalue weighted by Gasteiger charge is -2.18. The zero-order valence-electron chi connectivity index (χ0n) is 13.2. The van der Waals surface area contributed by atoms with E-state index in [-0.39, 0.29) is 5.92 Å². The molecule has 1 saturated carbocycles. The molecule has 1 fully saturated rings. The van der Waals surface area contributed by atoms with Crippen molar-refractivity contribution >= 4 is 5.78 Å². The van der Waals surface area contributed by atoms with Crippen molar-refractivity contribution in [1.29, 1.82) is 0 Å². The summed E-state index contributed by atoms with van der Waals surface area (Å²) in [7, 11) is 0. The van der Waals surface area contributed by atoms with E-state index >= 15 is 0 Å². The molecular weight excluding hydrogens is 260 g/mol. The highest BCUT2D eigenvalue weighted by atomic mass is 16.3. The molecule has 1 atom stereocenters. The Hall–Kier alpha value is -1.31. The van der Waals surface area contributed by atoms with E-state index in [1.807, 2.05) is 19.1 Å². The lowest BCUT2D eigenvalue weighted by molar-refractivity contribution is -0.120. The number of phenols is 1. The quantitative estimate of drug-likeness (QED) is 0.764. The molecule has 0 spiro atoms. The van der Waals surface area contributed by atoms with Crippen LogP contribution in [0.25, 0.3) is 0 Å². The zero-order valence-corrected chi connectivity index (χ0v) is 13.2. The molecule has 116 valence electrons. The van der Waals surface area contributed by atoms with E-state index in [4.69, 9.17) is 0 Å². The second-order valence-electron chi connectivity index (χ2n) is 6.43. The predicted octanol–water partition coefficient (Wildman–Crippen LogP) is 5.27. The predicted molar refractivity (Wildman–Crippen MR) is 86.8 cm³/mol. The van der Waals surface area contributed by atoms with E-state index in [1.54, 1.807) is 6.07 Å². The molecular formula is C19H28O2. The molecule has 0 aromatic heterocycles. The van der Waals surface area contributed by atoms with E-state index < -0.39 is 0 Å². The van der Waals surface area contributed by atoms with Crippen LogP contribution in [0.2, 0.25) is 0 Å². The first kappa shape index (κ1) is 16.1. The molecule has 1 aliphatic carbocycles. The Balaban J connectivity index is 2.10. The Morgan fingerprint density at radius 3 is 2.24 bits per heavy atom. The Morgan fingerprint density at radius 1 is 0.952 bits per heavy atom. The maximum atomic E-state index is 12.6. The number of aryl methyl sites for hydroxylation is 1. The van der Waals surface area contributed by atoms with Crippen molar-refractivity contribution < 1.29 is 9.90 Å². The van der Waals surface area contributed by atoms with Crippen LogP contribution < -0.4 is 0 Å². The third kappa shape index (κ3) is 4.87. The number of Topliss-reactive ketones (excluding diaryl/α,β-unsaturated/α-hetero) is 1. The van der Waals surface area contributed by atoms with Gasteiger partial charge in [0.25, 0.3) is 0 Å². The first-order valence-electron chi connectivity index (χ1n) is 8.50. The van der Waals surface area contributed by atoms with Gasteiger partial charge in [0.05, 0.1) is 0 Å². The SMILES string of the molecule is Cc1cc(C2CCCCCCCCCCC2=O)ccc1O. The number of hydrogen-bond acceptors (Lipinski definition) is 2.